The first-order chi connectivity index (χ1) is 6.24. The number of aromatic nitrogens is 2. The van der Waals surface area contributed by atoms with Crippen LogP contribution in [0.25, 0.3) is 0 Å². The first kappa shape index (κ1) is 9.66. The molecule has 1 heterocycles. The lowest BCUT2D eigenvalue weighted by Gasteiger charge is -2.08. The highest BCUT2D eigenvalue weighted by molar-refractivity contribution is 7.80. The van der Waals surface area contributed by atoms with Gasteiger partial charge in [0.25, 0.3) is 0 Å². The van der Waals surface area contributed by atoms with E-state index in [1.165, 1.54) is 6.33 Å². The molecule has 0 radical (unpaired) electrons. The molecule has 1 aromatic heterocycles. The van der Waals surface area contributed by atoms with Crippen LogP contribution >= 0.6 is 12.2 Å². The number of nitrogens with zero attached hydrogens (tertiary/aromatic N) is 2. The zero-order chi connectivity index (χ0) is 9.68. The number of rotatable bonds is 3. The summed E-state index contributed by atoms with van der Waals surface area (Å²) < 4.78 is 5.21. The predicted molar refractivity (Wildman–Crippen MR) is 53.6 cm³/mol. The fraction of sp³-hybridized carbons (Fsp3) is 0.286. The lowest BCUT2D eigenvalue weighted by atomic mass is 10.5. The first-order valence-corrected chi connectivity index (χ1v) is 4.14. The summed E-state index contributed by atoms with van der Waals surface area (Å²) in [6.45, 7) is 2.40. The summed E-state index contributed by atoms with van der Waals surface area (Å²) in [5.41, 5.74) is 5.88. The molecule has 0 spiro atoms. The number of nitrogens with one attached hydrogen (secondary N) is 1. The molecule has 0 saturated heterocycles. The summed E-state index contributed by atoms with van der Waals surface area (Å²) in [6, 6.07) is 0. The van der Waals surface area contributed by atoms with E-state index in [0.29, 0.717) is 18.2 Å². The molecule has 0 aliphatic carbocycles. The van der Waals surface area contributed by atoms with Gasteiger partial charge in [0, 0.05) is 0 Å². The molecule has 0 fully saturated rings. The van der Waals surface area contributed by atoms with E-state index in [0.717, 1.165) is 0 Å². The van der Waals surface area contributed by atoms with Crippen molar-refractivity contribution in [3.05, 3.63) is 12.5 Å². The van der Waals surface area contributed by atoms with Gasteiger partial charge in [-0.3, -0.25) is 0 Å². The van der Waals surface area contributed by atoms with Gasteiger partial charge in [0.2, 0.25) is 5.88 Å². The van der Waals surface area contributed by atoms with E-state index in [4.69, 9.17) is 10.5 Å². The number of ether oxygens (including phenoxy) is 1. The summed E-state index contributed by atoms with van der Waals surface area (Å²) in [5, 5.41) is 2.88. The Hall–Kier alpha value is -1.43. The standard InChI is InChI=1S/C7H10N4OS/c1-2-12-6-5(11-7(8)13)3-9-4-10-6/h3-4H,2H2,1H3,(H3,8,11,13). The predicted octanol–water partition coefficient (Wildman–Crippen LogP) is 0.531. The maximum atomic E-state index is 5.30. The van der Waals surface area contributed by atoms with Crippen molar-refractivity contribution in [2.45, 2.75) is 6.92 Å². The molecule has 0 saturated carbocycles. The molecule has 70 valence electrons. The maximum absolute atomic E-state index is 5.30. The molecule has 6 heteroatoms. The van der Waals surface area contributed by atoms with Gasteiger partial charge >= 0.3 is 0 Å². The molecular weight excluding hydrogens is 188 g/mol. The van der Waals surface area contributed by atoms with Gasteiger partial charge in [0.15, 0.2) is 5.11 Å². The van der Waals surface area contributed by atoms with E-state index in [2.05, 4.69) is 27.5 Å². The van der Waals surface area contributed by atoms with Crippen molar-refractivity contribution in [2.24, 2.45) is 5.73 Å². The molecule has 5 nitrogen and oxygen atoms in total. The fourth-order valence-corrected chi connectivity index (χ4v) is 0.899. The molecule has 3 N–H and O–H groups in total. The molecule has 13 heavy (non-hydrogen) atoms. The van der Waals surface area contributed by atoms with Gasteiger partial charge < -0.3 is 15.8 Å². The van der Waals surface area contributed by atoms with Gasteiger partial charge in [0.05, 0.1) is 12.8 Å². The number of hydrogen-bond donors (Lipinski definition) is 2. The minimum absolute atomic E-state index is 0.163. The molecule has 0 aliphatic heterocycles. The third kappa shape index (κ3) is 2.83. The van der Waals surface area contributed by atoms with Crippen LogP contribution in [0.4, 0.5) is 5.69 Å². The molecule has 0 atom stereocenters. The van der Waals surface area contributed by atoms with Gasteiger partial charge in [-0.05, 0) is 19.1 Å². The quantitative estimate of drug-likeness (QED) is 0.690. The van der Waals surface area contributed by atoms with Crippen LogP contribution in [0, 0.1) is 0 Å². The van der Waals surface area contributed by atoms with Crippen molar-refractivity contribution in [1.29, 1.82) is 0 Å². The van der Waals surface area contributed by atoms with Crippen LogP contribution in [0.2, 0.25) is 0 Å². The average molecular weight is 198 g/mol. The fourth-order valence-electron chi connectivity index (χ4n) is 0.789. The Morgan fingerprint density at radius 1 is 1.77 bits per heavy atom. The normalized spacial score (nSPS) is 9.31. The molecule has 1 aromatic rings. The number of nitrogens with two attached hydrogens (primary N) is 1. The van der Waals surface area contributed by atoms with Crippen molar-refractivity contribution >= 4 is 23.0 Å². The summed E-state index contributed by atoms with van der Waals surface area (Å²) in [6.07, 6.45) is 2.95. The third-order valence-electron chi connectivity index (χ3n) is 1.21. The van der Waals surface area contributed by atoms with Gasteiger partial charge in [-0.15, -0.1) is 0 Å². The molecule has 0 bridgehead atoms. The van der Waals surface area contributed by atoms with Crippen LogP contribution in [0.5, 0.6) is 5.88 Å². The molecule has 1 rings (SSSR count). The highest BCUT2D eigenvalue weighted by atomic mass is 32.1. The summed E-state index contributed by atoms with van der Waals surface area (Å²) in [4.78, 5) is 7.72. The highest BCUT2D eigenvalue weighted by Crippen LogP contribution is 2.18. The Morgan fingerprint density at radius 3 is 3.15 bits per heavy atom. The largest absolute Gasteiger partial charge is 0.476 e. The third-order valence-corrected chi connectivity index (χ3v) is 1.32. The molecule has 0 unspecified atom stereocenters. The van der Waals surface area contributed by atoms with Crippen LogP contribution in [0.3, 0.4) is 0 Å². The lowest BCUT2D eigenvalue weighted by Crippen LogP contribution is -2.19. The Bertz CT molecular complexity index is 304. The molecule has 0 amide bonds. The van der Waals surface area contributed by atoms with Gasteiger partial charge in [-0.2, -0.15) is 4.98 Å². The SMILES string of the molecule is CCOc1ncncc1NC(N)=S. The van der Waals surface area contributed by atoms with Crippen molar-refractivity contribution in [1.82, 2.24) is 9.97 Å². The van der Waals surface area contributed by atoms with Gasteiger partial charge in [-0.1, -0.05) is 0 Å². The maximum Gasteiger partial charge on any atom is 0.240 e. The summed E-state index contributed by atoms with van der Waals surface area (Å²) in [5.74, 6) is 0.449. The van der Waals surface area contributed by atoms with Crippen molar-refractivity contribution in [2.75, 3.05) is 11.9 Å². The van der Waals surface area contributed by atoms with E-state index >= 15 is 0 Å². The van der Waals surface area contributed by atoms with Crippen molar-refractivity contribution < 1.29 is 4.74 Å². The number of anilines is 1. The van der Waals surface area contributed by atoms with E-state index in [1.54, 1.807) is 6.20 Å². The zero-order valence-electron chi connectivity index (χ0n) is 7.15. The van der Waals surface area contributed by atoms with Gasteiger partial charge in [0.1, 0.15) is 12.0 Å². The summed E-state index contributed by atoms with van der Waals surface area (Å²) in [7, 11) is 0. The molecular formula is C7H10N4OS. The topological polar surface area (TPSA) is 73.1 Å². The highest BCUT2D eigenvalue weighted by Gasteiger charge is 2.03. The van der Waals surface area contributed by atoms with E-state index in [-0.39, 0.29) is 5.11 Å². The Balaban J connectivity index is 2.84. The second kappa shape index (κ2) is 4.56. The Kier molecular flexibility index (Phi) is 3.39. The van der Waals surface area contributed by atoms with Crippen LogP contribution in [0.1, 0.15) is 6.92 Å². The lowest BCUT2D eigenvalue weighted by molar-refractivity contribution is 0.328. The van der Waals surface area contributed by atoms with Crippen molar-refractivity contribution in [3.63, 3.8) is 0 Å². The summed E-state index contributed by atoms with van der Waals surface area (Å²) >= 11 is 4.68. The van der Waals surface area contributed by atoms with Crippen LogP contribution in [-0.2, 0) is 0 Å². The Morgan fingerprint density at radius 2 is 2.54 bits per heavy atom. The number of hydrogen-bond acceptors (Lipinski definition) is 4. The van der Waals surface area contributed by atoms with Crippen LogP contribution in [-0.4, -0.2) is 21.7 Å². The molecule has 0 aromatic carbocycles. The number of thiocarbonyl (C=S) groups is 1. The first-order valence-electron chi connectivity index (χ1n) is 3.73. The molecule has 0 aliphatic rings. The minimum Gasteiger partial charge on any atom is -0.476 e. The van der Waals surface area contributed by atoms with E-state index in [9.17, 15) is 0 Å². The van der Waals surface area contributed by atoms with Crippen LogP contribution in [0.15, 0.2) is 12.5 Å². The van der Waals surface area contributed by atoms with Gasteiger partial charge in [-0.25, -0.2) is 4.98 Å². The smallest absolute Gasteiger partial charge is 0.240 e. The van der Waals surface area contributed by atoms with Crippen molar-refractivity contribution in [3.8, 4) is 5.88 Å². The van der Waals surface area contributed by atoms with E-state index in [1.807, 2.05) is 6.92 Å². The van der Waals surface area contributed by atoms with E-state index < -0.39 is 0 Å². The Labute approximate surface area is 81.3 Å². The minimum atomic E-state index is 0.163. The second-order valence-electron chi connectivity index (χ2n) is 2.16. The zero-order valence-corrected chi connectivity index (χ0v) is 7.97. The monoisotopic (exact) mass is 198 g/mol. The average Bonchev–Trinajstić information content (AvgIpc) is 2.08. The second-order valence-corrected chi connectivity index (χ2v) is 2.60. The van der Waals surface area contributed by atoms with Crippen LogP contribution < -0.4 is 15.8 Å².